The molecule has 38 nitrogen and oxygen atoms in total. The van der Waals surface area contributed by atoms with E-state index < -0.39 is 17.9 Å². The number of pyridine rings is 7. The Balaban J connectivity index is 0.000000137. The van der Waals surface area contributed by atoms with Crippen LogP contribution < -0.4 is 24.3 Å². The minimum Gasteiger partial charge on any atom is -0.497 e. The quantitative estimate of drug-likeness (QED) is 0.0206. The Hall–Kier alpha value is -13.2. The molecule has 3 fully saturated rings. The minimum atomic E-state index is -1.01. The van der Waals surface area contributed by atoms with Crippen molar-refractivity contribution >= 4 is 237 Å². The molecule has 17 heterocycles. The minimum absolute atomic E-state index is 0.0703. The fraction of sp³-hybridized carbons (Fsp3) is 0.308. The predicted octanol–water partition coefficient (Wildman–Crippen LogP) is 20.9. The number of rotatable bonds is 27. The fourth-order valence-electron chi connectivity index (χ4n) is 17.2. The summed E-state index contributed by atoms with van der Waals surface area (Å²) in [5.41, 5.74) is 18.8. The lowest BCUT2D eigenvalue weighted by atomic mass is 10.0. The third-order valence-electron chi connectivity index (χ3n) is 24.7. The van der Waals surface area contributed by atoms with Crippen molar-refractivity contribution in [1.29, 1.82) is 0 Å². The third kappa shape index (κ3) is 28.0. The first-order chi connectivity index (χ1) is 72.6. The van der Waals surface area contributed by atoms with Crippen molar-refractivity contribution in [2.75, 3.05) is 62.3 Å². The molecule has 0 saturated carbocycles. The number of hydrogen-bond acceptors (Lipinski definition) is 27. The molecule has 0 spiro atoms. The number of carbonyl (C=O) groups excluding carboxylic acids is 5. The summed E-state index contributed by atoms with van der Waals surface area (Å²) in [6, 6.07) is 31.6. The first-order valence-electron chi connectivity index (χ1n) is 47.4. The number of methoxy groups -OCH3 is 6. The molecule has 3 aliphatic heterocycles. The van der Waals surface area contributed by atoms with E-state index >= 15 is 0 Å². The maximum atomic E-state index is 12.5. The van der Waals surface area contributed by atoms with Crippen LogP contribution in [-0.2, 0) is 75.6 Å². The number of amides is 3. The van der Waals surface area contributed by atoms with Gasteiger partial charge in [-0.1, -0.05) is 88.6 Å². The highest BCUT2D eigenvalue weighted by Crippen LogP contribution is 2.36. The molecule has 18 aromatic rings. The lowest BCUT2D eigenvalue weighted by molar-refractivity contribution is -0.129. The van der Waals surface area contributed by atoms with E-state index in [-0.39, 0.29) is 29.9 Å². The molecule has 3 atom stereocenters. The maximum absolute atomic E-state index is 12.5. The van der Waals surface area contributed by atoms with E-state index in [9.17, 15) is 33.9 Å². The number of imidazole rings is 7. The number of esters is 2. The topological polar surface area (TPSA) is 464 Å². The van der Waals surface area contributed by atoms with Gasteiger partial charge in [0.25, 0.3) is 0 Å². The van der Waals surface area contributed by atoms with Crippen LogP contribution >= 0.6 is 123 Å². The summed E-state index contributed by atoms with van der Waals surface area (Å²) >= 11 is 29.7. The molecular weight excluding hydrogens is 2400 g/mol. The Morgan fingerprint density at radius 3 is 1.08 bits per heavy atom. The third-order valence-corrected chi connectivity index (χ3v) is 29.5. The average molecular weight is 2510 g/mol. The number of aromatic amines is 3. The molecule has 3 amide bonds. The van der Waals surface area contributed by atoms with Crippen molar-refractivity contribution < 1.29 is 67.4 Å². The smallest absolute Gasteiger partial charge is 0.341 e. The first-order valence-corrected chi connectivity index (χ1v) is 53.5. The molecule has 21 rings (SSSR count). The molecule has 3 saturated heterocycles. The van der Waals surface area contributed by atoms with E-state index in [0.717, 1.165) is 176 Å². The standard InChI is InChI=1S/C22H25BrN4O2.C16H14BrN3O3.C15H13BrClN3O.C15H14BrN3O2.C14H17BrN4O.C8H6BrN3O2.C7H4BrN3O2.C7H13NO/c1-3-4-16-9-20(28)26(12-16)13-18-19(23)10-24-22-21(18)25-14-27(22)11-15-5-7-17(29-2)8-6-15;1-22-11-5-3-10(4-6-11)8-20-9-19-14-13(16(21)23-2)12(17)7-18-15(14)20;1-21-11-4-2-10(3-5-11)8-20-9-19-14-12(6-17)13(16)7-18-15(14)20;1-21-11-4-2-10(3-5-11)7-19-9-18-14-12(8-20)13(16)6-17-15(14)19;1-2-3-9-4-12(20)19(6-9)7-10-11(15)5-16-14-13(10)17-8-18-14;1-14-8(13)5-4(9)2-10-7-6(5)11-3-12-7;8-3-1-9-6-5(10-2-11-6)4(3)7(12)13;1-2-3-6-4-7(9)8-5-6/h5-8,10,14,16H,3-4,9,11-13H2,1-2H3;3-7,9H,8H2,1-2H3;2-5,7,9H,6,8H2,1H3;2-6,9,20H,7-8H2,1H3;5,8-9H,2-4,6-7H2,1H3,(H,16,17,18);2-3H,1H3,(H,10,11,12);1-2H,(H,12,13)(H,9,10,11);6H,2-5H2,1H3,(H,8,9). The van der Waals surface area contributed by atoms with Crippen LogP contribution in [0.4, 0.5) is 0 Å². The molecule has 0 bridgehead atoms. The summed E-state index contributed by atoms with van der Waals surface area (Å²) < 4.78 is 43.1. The van der Waals surface area contributed by atoms with Gasteiger partial charge in [0.1, 0.15) is 72.8 Å². The number of nitrogens with zero attached hydrogens (tertiary/aromatic N) is 20. The predicted molar refractivity (Wildman–Crippen MR) is 592 cm³/mol. The van der Waals surface area contributed by atoms with Crippen LogP contribution in [0.2, 0.25) is 0 Å². The Kier molecular flexibility index (Phi) is 40.5. The van der Waals surface area contributed by atoms with Crippen LogP contribution in [0.15, 0.2) is 216 Å². The van der Waals surface area contributed by atoms with Crippen LogP contribution in [-0.4, -0.2) is 221 Å². The second-order valence-electron chi connectivity index (χ2n) is 34.7. The summed E-state index contributed by atoms with van der Waals surface area (Å²) in [5, 5.41) is 21.1. The highest BCUT2D eigenvalue weighted by atomic mass is 79.9. The first kappa shape index (κ1) is 112. The van der Waals surface area contributed by atoms with E-state index in [4.69, 9.17) is 40.4 Å². The highest BCUT2D eigenvalue weighted by molar-refractivity contribution is 9.11. The molecule has 782 valence electrons. The molecule has 14 aromatic heterocycles. The second-order valence-corrected chi connectivity index (χ2v) is 40.9. The molecule has 4 aromatic carbocycles. The largest absolute Gasteiger partial charge is 0.497 e. The number of aromatic nitrogens is 21. The summed E-state index contributed by atoms with van der Waals surface area (Å²) in [5.74, 6) is 4.16. The fourth-order valence-corrected chi connectivity index (χ4v) is 20.7. The number of aliphatic hydroxyl groups is 1. The van der Waals surface area contributed by atoms with E-state index in [2.05, 4.69) is 227 Å². The lowest BCUT2D eigenvalue weighted by Crippen LogP contribution is -2.25. The number of nitrogens with one attached hydrogen (secondary N) is 4. The monoisotopic (exact) mass is 2500 g/mol. The van der Waals surface area contributed by atoms with Crippen molar-refractivity contribution in [3.8, 4) is 23.0 Å². The Morgan fingerprint density at radius 2 is 0.693 bits per heavy atom. The molecule has 3 aliphatic rings. The van der Waals surface area contributed by atoms with Crippen LogP contribution in [0.3, 0.4) is 0 Å². The second kappa shape index (κ2) is 54.0. The maximum Gasteiger partial charge on any atom is 0.341 e. The number of H-pyrrole nitrogens is 3. The summed E-state index contributed by atoms with van der Waals surface area (Å²) in [4.78, 5) is 142. The molecule has 3 unspecified atom stereocenters. The van der Waals surface area contributed by atoms with Crippen molar-refractivity contribution in [3.05, 3.63) is 277 Å². The van der Waals surface area contributed by atoms with Gasteiger partial charge in [-0.25, -0.2) is 84.2 Å². The van der Waals surface area contributed by atoms with Gasteiger partial charge >= 0.3 is 17.9 Å². The van der Waals surface area contributed by atoms with Gasteiger partial charge in [-0.05, 0) is 219 Å². The number of halogens is 8. The number of aromatic carboxylic acids is 1. The van der Waals surface area contributed by atoms with Crippen molar-refractivity contribution in [3.63, 3.8) is 0 Å². The van der Waals surface area contributed by atoms with Crippen LogP contribution in [0.25, 0.3) is 78.1 Å². The van der Waals surface area contributed by atoms with Crippen molar-refractivity contribution in [1.82, 2.24) is 118 Å². The number of benzene rings is 4. The van der Waals surface area contributed by atoms with E-state index in [1.807, 2.05) is 138 Å². The Morgan fingerprint density at radius 1 is 0.373 bits per heavy atom. The van der Waals surface area contributed by atoms with Gasteiger partial charge < -0.3 is 87.0 Å². The number of fused-ring (bicyclic) bond motifs is 7. The number of carbonyl (C=O) groups is 6. The van der Waals surface area contributed by atoms with Crippen LogP contribution in [0.5, 0.6) is 23.0 Å². The SMILES string of the molecule is CCCC1CC(=O)N(Cc2c(Br)cnc3c2ncn3Cc2ccc(OC)cc2)C1.CCCC1CC(=O)N(Cc2c(Br)cnc3nc[nH]c23)C1.CCCC1CNC(=O)C1.COC(=O)c1c(Br)cnc2c1ncn2Cc1ccc(OC)cc1.COC(=O)c1c(Br)cnc2nc[nH]c12.COc1ccc(Cn2cnc3c(CCl)c(Br)cnc32)cc1.COc1ccc(Cn2cnc3c(CO)c(Br)cnc32)cc1.O=C(O)c1c(Br)cnc2nc[nH]c12. The molecule has 46 heteroatoms. The molecule has 6 N–H and O–H groups in total. The van der Waals surface area contributed by atoms with Gasteiger partial charge in [0, 0.05) is 136 Å². The van der Waals surface area contributed by atoms with E-state index in [0.29, 0.717) is 139 Å². The Bertz CT molecular complexity index is 7610. The molecule has 0 aliphatic carbocycles. The zero-order chi connectivity index (χ0) is 107. The highest BCUT2D eigenvalue weighted by Gasteiger charge is 2.33. The lowest BCUT2D eigenvalue weighted by Gasteiger charge is -2.18. The number of carboxylic acid groups (broad SMARTS) is 1. The van der Waals surface area contributed by atoms with Gasteiger partial charge in [-0.2, -0.15) is 0 Å². The van der Waals surface area contributed by atoms with Gasteiger partial charge in [0.05, 0.1) is 145 Å². The zero-order valence-corrected chi connectivity index (χ0v) is 94.8. The summed E-state index contributed by atoms with van der Waals surface area (Å²) in [6.07, 6.45) is 32.1. The number of likely N-dealkylation sites (tertiary alicyclic amines) is 2. The van der Waals surface area contributed by atoms with Crippen molar-refractivity contribution in [2.45, 2.75) is 130 Å². The molecule has 0 radical (unpaired) electrons. The van der Waals surface area contributed by atoms with Gasteiger partial charge in [0.2, 0.25) is 17.7 Å². The van der Waals surface area contributed by atoms with Gasteiger partial charge in [-0.3, -0.25) is 14.4 Å². The normalized spacial score (nSPS) is 14.0. The molecule has 150 heavy (non-hydrogen) atoms. The van der Waals surface area contributed by atoms with Crippen LogP contribution in [0, 0.1) is 17.8 Å². The van der Waals surface area contributed by atoms with E-state index in [1.54, 1.807) is 78.5 Å². The van der Waals surface area contributed by atoms with Crippen molar-refractivity contribution in [2.24, 2.45) is 17.8 Å². The summed E-state index contributed by atoms with van der Waals surface area (Å²) in [7, 11) is 9.28. The van der Waals surface area contributed by atoms with Gasteiger partial charge in [-0.15, -0.1) is 11.6 Å². The van der Waals surface area contributed by atoms with Gasteiger partial charge in [0.15, 0.2) is 39.5 Å². The van der Waals surface area contributed by atoms with E-state index in [1.165, 1.54) is 52.1 Å². The number of aliphatic hydroxyl groups excluding tert-OH is 1. The number of ether oxygens (including phenoxy) is 6. The zero-order valence-electron chi connectivity index (χ0n) is 83.0. The number of alkyl halides is 1. The summed E-state index contributed by atoms with van der Waals surface area (Å²) in [6.45, 7) is 12.8. The Labute approximate surface area is 925 Å². The number of hydrogen-bond donors (Lipinski definition) is 6. The molecular formula is C104H106Br7ClN24O14. The van der Waals surface area contributed by atoms with Crippen LogP contribution in [0.1, 0.15) is 154 Å². The number of carboxylic acids is 1. The average Bonchev–Trinajstić information content (AvgIpc) is 1.63.